The molecule has 3 nitrogen and oxygen atoms in total. The van der Waals surface area contributed by atoms with Crippen LogP contribution in [-0.2, 0) is 4.74 Å². The largest absolute Gasteiger partial charge is 0.506 e. The summed E-state index contributed by atoms with van der Waals surface area (Å²) < 4.78 is 4.52. The molecule has 60 valence electrons. The second-order valence-electron chi connectivity index (χ2n) is 2.47. The van der Waals surface area contributed by atoms with Crippen LogP contribution >= 0.6 is 0 Å². The lowest BCUT2D eigenvalue weighted by Gasteiger charge is -2.16. The predicted octanol–water partition coefficient (Wildman–Crippen LogP) is 2.12. The first-order valence-corrected chi connectivity index (χ1v) is 3.47. The van der Waals surface area contributed by atoms with Crippen molar-refractivity contribution in [2.45, 2.75) is 33.3 Å². The third kappa shape index (κ3) is 3.33. The molecule has 0 aliphatic carbocycles. The third-order valence-electron chi connectivity index (χ3n) is 1.73. The van der Waals surface area contributed by atoms with E-state index in [9.17, 15) is 4.79 Å². The van der Waals surface area contributed by atoms with Gasteiger partial charge in [0.05, 0.1) is 0 Å². The number of carboxylic acid groups (broad SMARTS) is 1. The Labute approximate surface area is 61.0 Å². The molecule has 0 bridgehead atoms. The van der Waals surface area contributed by atoms with Gasteiger partial charge in [-0.05, 0) is 12.8 Å². The fourth-order valence-electron chi connectivity index (χ4n) is 0.607. The van der Waals surface area contributed by atoms with Gasteiger partial charge in [-0.3, -0.25) is 0 Å². The van der Waals surface area contributed by atoms with Crippen LogP contribution in [0.15, 0.2) is 0 Å². The van der Waals surface area contributed by atoms with E-state index in [1.54, 1.807) is 6.92 Å². The number of hydrogen-bond donors (Lipinski definition) is 1. The van der Waals surface area contributed by atoms with Crippen LogP contribution in [0.4, 0.5) is 4.79 Å². The first kappa shape index (κ1) is 9.27. The fraction of sp³-hybridized carbons (Fsp3) is 0.857. The van der Waals surface area contributed by atoms with Gasteiger partial charge in [0.25, 0.3) is 0 Å². The summed E-state index contributed by atoms with van der Waals surface area (Å²) in [5.74, 6) is 0.302. The summed E-state index contributed by atoms with van der Waals surface area (Å²) in [4.78, 5) is 10.0. The number of carbonyl (C=O) groups is 1. The Morgan fingerprint density at radius 3 is 2.40 bits per heavy atom. The van der Waals surface area contributed by atoms with Gasteiger partial charge in [-0.15, -0.1) is 0 Å². The molecule has 0 aromatic heterocycles. The van der Waals surface area contributed by atoms with Gasteiger partial charge in [0, 0.05) is 0 Å². The van der Waals surface area contributed by atoms with E-state index in [1.807, 2.05) is 13.8 Å². The van der Waals surface area contributed by atoms with Gasteiger partial charge in [-0.2, -0.15) is 0 Å². The van der Waals surface area contributed by atoms with Crippen LogP contribution in [0.25, 0.3) is 0 Å². The predicted molar refractivity (Wildman–Crippen MR) is 38.0 cm³/mol. The van der Waals surface area contributed by atoms with Crippen molar-refractivity contribution in [1.82, 2.24) is 0 Å². The number of rotatable bonds is 3. The van der Waals surface area contributed by atoms with Gasteiger partial charge in [-0.25, -0.2) is 4.79 Å². The average Bonchev–Trinajstić information content (AvgIpc) is 1.85. The number of hydrogen-bond acceptors (Lipinski definition) is 2. The van der Waals surface area contributed by atoms with Crippen LogP contribution in [-0.4, -0.2) is 17.4 Å². The molecule has 0 saturated heterocycles. The van der Waals surface area contributed by atoms with Gasteiger partial charge in [-0.1, -0.05) is 20.3 Å². The molecule has 0 heterocycles. The van der Waals surface area contributed by atoms with E-state index in [2.05, 4.69) is 4.74 Å². The molecule has 3 heteroatoms. The summed E-state index contributed by atoms with van der Waals surface area (Å²) in [6.07, 6.45) is -0.440. The summed E-state index contributed by atoms with van der Waals surface area (Å²) in [7, 11) is 0. The lowest BCUT2D eigenvalue weighted by Crippen LogP contribution is -2.20. The Balaban J connectivity index is 3.61. The van der Waals surface area contributed by atoms with Crippen molar-refractivity contribution in [3.8, 4) is 0 Å². The first-order valence-electron chi connectivity index (χ1n) is 3.47. The molecule has 0 amide bonds. The van der Waals surface area contributed by atoms with Crippen LogP contribution in [0.2, 0.25) is 0 Å². The molecule has 1 N–H and O–H groups in total. The van der Waals surface area contributed by atoms with E-state index < -0.39 is 6.16 Å². The molecule has 0 radical (unpaired) electrons. The highest BCUT2D eigenvalue weighted by Gasteiger charge is 2.13. The normalized spacial score (nSPS) is 15.9. The van der Waals surface area contributed by atoms with Gasteiger partial charge < -0.3 is 9.84 Å². The maximum atomic E-state index is 10.0. The Morgan fingerprint density at radius 1 is 1.60 bits per heavy atom. The Kier molecular flexibility index (Phi) is 3.84. The minimum atomic E-state index is -1.19. The summed E-state index contributed by atoms with van der Waals surface area (Å²) >= 11 is 0. The highest BCUT2D eigenvalue weighted by Crippen LogP contribution is 2.10. The van der Waals surface area contributed by atoms with E-state index in [-0.39, 0.29) is 6.10 Å². The topological polar surface area (TPSA) is 46.5 Å². The van der Waals surface area contributed by atoms with Crippen LogP contribution in [0, 0.1) is 5.92 Å². The zero-order valence-electron chi connectivity index (χ0n) is 6.63. The lowest BCUT2D eigenvalue weighted by atomic mass is 10.0. The van der Waals surface area contributed by atoms with E-state index in [0.29, 0.717) is 5.92 Å². The summed E-state index contributed by atoms with van der Waals surface area (Å²) in [6.45, 7) is 5.74. The van der Waals surface area contributed by atoms with E-state index in [4.69, 9.17) is 5.11 Å². The molecular formula is C7H14O3. The smallest absolute Gasteiger partial charge is 0.450 e. The molecule has 0 fully saturated rings. The third-order valence-corrected chi connectivity index (χ3v) is 1.73. The highest BCUT2D eigenvalue weighted by atomic mass is 16.7. The zero-order chi connectivity index (χ0) is 8.15. The van der Waals surface area contributed by atoms with E-state index >= 15 is 0 Å². The quantitative estimate of drug-likeness (QED) is 0.620. The zero-order valence-corrected chi connectivity index (χ0v) is 6.63. The lowest BCUT2D eigenvalue weighted by molar-refractivity contribution is 0.0363. The molecular weight excluding hydrogens is 132 g/mol. The minimum Gasteiger partial charge on any atom is -0.450 e. The molecule has 2 atom stereocenters. The van der Waals surface area contributed by atoms with Crippen LogP contribution in [0.1, 0.15) is 27.2 Å². The van der Waals surface area contributed by atoms with Crippen molar-refractivity contribution in [1.29, 1.82) is 0 Å². The Hall–Kier alpha value is -0.730. The molecule has 2 unspecified atom stereocenters. The van der Waals surface area contributed by atoms with Crippen LogP contribution in [0.3, 0.4) is 0 Å². The average molecular weight is 146 g/mol. The Bertz CT molecular complexity index is 111. The number of ether oxygens (including phenoxy) is 1. The molecule has 0 rings (SSSR count). The SMILES string of the molecule is CCC(C)C(C)OC(=O)O. The van der Waals surface area contributed by atoms with Crippen molar-refractivity contribution >= 4 is 6.16 Å². The van der Waals surface area contributed by atoms with E-state index in [1.165, 1.54) is 0 Å². The molecule has 0 aliphatic heterocycles. The minimum absolute atomic E-state index is 0.192. The summed E-state index contributed by atoms with van der Waals surface area (Å²) in [5.41, 5.74) is 0. The molecule has 0 aromatic rings. The van der Waals surface area contributed by atoms with Crippen molar-refractivity contribution in [3.63, 3.8) is 0 Å². The van der Waals surface area contributed by atoms with Crippen molar-refractivity contribution in [2.75, 3.05) is 0 Å². The van der Waals surface area contributed by atoms with Crippen molar-refractivity contribution in [3.05, 3.63) is 0 Å². The summed E-state index contributed by atoms with van der Waals surface area (Å²) in [6, 6.07) is 0. The highest BCUT2D eigenvalue weighted by molar-refractivity contribution is 5.57. The van der Waals surface area contributed by atoms with Gasteiger partial charge in [0.2, 0.25) is 0 Å². The Morgan fingerprint density at radius 2 is 2.10 bits per heavy atom. The standard InChI is InChI=1S/C7H14O3/c1-4-5(2)6(3)10-7(8)9/h5-6H,4H2,1-3H3,(H,8,9). The molecule has 10 heavy (non-hydrogen) atoms. The van der Waals surface area contributed by atoms with E-state index in [0.717, 1.165) is 6.42 Å². The van der Waals surface area contributed by atoms with Gasteiger partial charge >= 0.3 is 6.16 Å². The summed E-state index contributed by atoms with van der Waals surface area (Å²) in [5, 5.41) is 8.21. The first-order chi connectivity index (χ1) is 4.57. The fourth-order valence-corrected chi connectivity index (χ4v) is 0.607. The van der Waals surface area contributed by atoms with Crippen LogP contribution in [0.5, 0.6) is 0 Å². The molecule has 0 saturated carbocycles. The maximum Gasteiger partial charge on any atom is 0.506 e. The second-order valence-corrected chi connectivity index (χ2v) is 2.47. The molecule has 0 aromatic carbocycles. The monoisotopic (exact) mass is 146 g/mol. The molecule has 0 spiro atoms. The van der Waals surface area contributed by atoms with Crippen molar-refractivity contribution < 1.29 is 14.6 Å². The molecule has 0 aliphatic rings. The maximum absolute atomic E-state index is 10.0. The van der Waals surface area contributed by atoms with Crippen molar-refractivity contribution in [2.24, 2.45) is 5.92 Å². The van der Waals surface area contributed by atoms with Gasteiger partial charge in [0.1, 0.15) is 6.10 Å². The van der Waals surface area contributed by atoms with Crippen LogP contribution < -0.4 is 0 Å². The van der Waals surface area contributed by atoms with Gasteiger partial charge in [0.15, 0.2) is 0 Å². The second kappa shape index (κ2) is 4.14.